The molecule has 2 aromatic heterocycles. The van der Waals surface area contributed by atoms with Gasteiger partial charge in [-0.3, -0.25) is 4.90 Å². The van der Waals surface area contributed by atoms with E-state index in [0.717, 1.165) is 6.42 Å². The molecule has 3 aliphatic rings. The number of nitrogens with zero attached hydrogens (tertiary/aromatic N) is 4. The van der Waals surface area contributed by atoms with Gasteiger partial charge in [-0.25, -0.2) is 9.78 Å². The highest BCUT2D eigenvalue weighted by Crippen LogP contribution is 2.40. The lowest BCUT2D eigenvalue weighted by Crippen LogP contribution is -2.70. The molecule has 0 aliphatic carbocycles. The number of thiazole rings is 1. The highest BCUT2D eigenvalue weighted by molar-refractivity contribution is 7.13. The lowest BCUT2D eigenvalue weighted by molar-refractivity contribution is -0.153. The van der Waals surface area contributed by atoms with Gasteiger partial charge in [0.05, 0.1) is 17.6 Å². The van der Waals surface area contributed by atoms with Gasteiger partial charge < -0.3 is 18.8 Å². The molecule has 2 atom stereocenters. The number of hydrogen-bond donors (Lipinski definition) is 0. The van der Waals surface area contributed by atoms with E-state index in [1.54, 1.807) is 16.5 Å². The molecule has 8 nitrogen and oxygen atoms in total. The van der Waals surface area contributed by atoms with Crippen LogP contribution in [0.5, 0.6) is 5.75 Å². The van der Waals surface area contributed by atoms with Crippen molar-refractivity contribution in [2.24, 2.45) is 0 Å². The minimum Gasteiger partial charge on any atom is -0.484 e. The molecule has 3 aliphatic heterocycles. The summed E-state index contributed by atoms with van der Waals surface area (Å²) in [6.45, 7) is 5.13. The second-order valence-corrected chi connectivity index (χ2v) is 10.3. The fourth-order valence-corrected chi connectivity index (χ4v) is 4.92. The first-order chi connectivity index (χ1) is 16.0. The number of carbonyl (C=O) groups is 1. The van der Waals surface area contributed by atoms with Crippen LogP contribution in [0.15, 0.2) is 28.1 Å². The number of rotatable bonds is 4. The average Bonchev–Trinajstić information content (AvgIpc) is 3.39. The molecule has 2 bridgehead atoms. The molecule has 34 heavy (non-hydrogen) atoms. The van der Waals surface area contributed by atoms with Crippen LogP contribution < -0.4 is 9.64 Å². The van der Waals surface area contributed by atoms with Crippen LogP contribution in [0, 0.1) is 0 Å². The summed E-state index contributed by atoms with van der Waals surface area (Å²) in [5.41, 5.74) is 0.746. The highest BCUT2D eigenvalue weighted by atomic mass is 32.1. The Labute approximate surface area is 197 Å². The zero-order chi connectivity index (χ0) is 24.3. The molecule has 6 rings (SSSR count). The third-order valence-corrected chi connectivity index (χ3v) is 6.39. The minimum absolute atomic E-state index is 0.0206. The van der Waals surface area contributed by atoms with Crippen LogP contribution in [0.25, 0.3) is 21.7 Å². The molecule has 0 spiro atoms. The summed E-state index contributed by atoms with van der Waals surface area (Å²) in [5.74, 6) is 0.0347. The number of piperidine rings is 1. The summed E-state index contributed by atoms with van der Waals surface area (Å²) in [6, 6.07) is 3.22. The maximum Gasteiger partial charge on any atom is 0.422 e. The normalized spacial score (nSPS) is 20.4. The number of carbonyl (C=O) groups excluding carboxylic acids is 1. The van der Waals surface area contributed by atoms with E-state index in [1.807, 2.05) is 25.7 Å². The molecule has 0 radical (unpaired) electrons. The molecule has 5 heterocycles. The number of alkyl halides is 3. The Morgan fingerprint density at radius 1 is 1.24 bits per heavy atom. The number of ether oxygens (including phenoxy) is 2. The van der Waals surface area contributed by atoms with E-state index >= 15 is 0 Å². The fraction of sp³-hybridized carbons (Fsp3) is 0.500. The first-order valence-corrected chi connectivity index (χ1v) is 11.6. The summed E-state index contributed by atoms with van der Waals surface area (Å²) >= 11 is 1.34. The second kappa shape index (κ2) is 8.03. The lowest BCUT2D eigenvalue weighted by atomic mass is 9.88. The number of fused-ring (bicyclic) bond motifs is 3. The Bertz CT molecular complexity index is 1190. The third kappa shape index (κ3) is 4.50. The van der Waals surface area contributed by atoms with Crippen LogP contribution in [0.1, 0.15) is 27.2 Å². The number of anilines is 1. The first kappa shape index (κ1) is 22.8. The van der Waals surface area contributed by atoms with Crippen molar-refractivity contribution in [3.8, 4) is 16.3 Å². The number of aromatic nitrogens is 2. The van der Waals surface area contributed by atoms with Gasteiger partial charge in [-0.05, 0) is 33.3 Å². The molecule has 3 aromatic rings. The van der Waals surface area contributed by atoms with Crippen LogP contribution in [-0.2, 0) is 4.74 Å². The van der Waals surface area contributed by atoms with E-state index in [0.29, 0.717) is 40.8 Å². The number of piperazine rings is 1. The molecule has 0 N–H and O–H groups in total. The van der Waals surface area contributed by atoms with Gasteiger partial charge in [0.1, 0.15) is 21.9 Å². The quantitative estimate of drug-likeness (QED) is 0.498. The molecule has 1 amide bonds. The number of oxazole rings is 1. The molecule has 12 heteroatoms. The number of halogens is 3. The Hall–Kier alpha value is -3.02. The standard InChI is InChI=1S/C22H23F3N4O4S/c1-21(2,3)33-20(30)29-12-6-13(29)10-28(9-12)19-27-16-8-14(31-11-22(23,24)25)7-15(17(16)32-19)18-26-4-5-34-18/h4-5,7-8,12-13H,6,9-11H2,1-3H3. The van der Waals surface area contributed by atoms with Gasteiger partial charge in [-0.1, -0.05) is 0 Å². The van der Waals surface area contributed by atoms with E-state index < -0.39 is 18.4 Å². The minimum atomic E-state index is -4.46. The van der Waals surface area contributed by atoms with Gasteiger partial charge >= 0.3 is 12.3 Å². The van der Waals surface area contributed by atoms with Crippen LogP contribution in [0.4, 0.5) is 24.0 Å². The van der Waals surface area contributed by atoms with Gasteiger partial charge in [-0.15, -0.1) is 11.3 Å². The van der Waals surface area contributed by atoms with Crippen molar-refractivity contribution < 1.29 is 31.9 Å². The van der Waals surface area contributed by atoms with E-state index in [4.69, 9.17) is 13.9 Å². The van der Waals surface area contributed by atoms with E-state index in [2.05, 4.69) is 9.97 Å². The number of benzene rings is 1. The molecule has 3 fully saturated rings. The number of amides is 1. The zero-order valence-electron chi connectivity index (χ0n) is 18.8. The lowest BCUT2D eigenvalue weighted by Gasteiger charge is -2.55. The summed E-state index contributed by atoms with van der Waals surface area (Å²) < 4.78 is 54.6. The van der Waals surface area contributed by atoms with Crippen LogP contribution in [-0.4, -0.2) is 64.5 Å². The predicted octanol–water partition coefficient (Wildman–Crippen LogP) is 5.09. The van der Waals surface area contributed by atoms with Crippen molar-refractivity contribution in [2.75, 3.05) is 24.6 Å². The van der Waals surface area contributed by atoms with Crippen molar-refractivity contribution >= 4 is 34.5 Å². The van der Waals surface area contributed by atoms with Gasteiger partial charge in [0.25, 0.3) is 6.01 Å². The predicted molar refractivity (Wildman–Crippen MR) is 119 cm³/mol. The van der Waals surface area contributed by atoms with E-state index in [1.165, 1.54) is 23.5 Å². The number of hydrogen-bond acceptors (Lipinski definition) is 8. The molecule has 0 saturated carbocycles. The SMILES string of the molecule is CC(C)(C)OC(=O)N1C2CC1CN(c1nc3cc(OCC(F)(F)F)cc(-c4nccs4)c3o1)C2. The van der Waals surface area contributed by atoms with Gasteiger partial charge in [0, 0.05) is 30.7 Å². The Kier molecular flexibility index (Phi) is 5.38. The molecule has 3 saturated heterocycles. The van der Waals surface area contributed by atoms with Crippen LogP contribution in [0.2, 0.25) is 0 Å². The van der Waals surface area contributed by atoms with Crippen molar-refractivity contribution in [2.45, 2.75) is 51.1 Å². The zero-order valence-corrected chi connectivity index (χ0v) is 19.6. The second-order valence-electron chi connectivity index (χ2n) is 9.39. The smallest absolute Gasteiger partial charge is 0.422 e. The Morgan fingerprint density at radius 3 is 2.59 bits per heavy atom. The maximum absolute atomic E-state index is 12.7. The maximum atomic E-state index is 12.7. The van der Waals surface area contributed by atoms with Crippen LogP contribution in [0.3, 0.4) is 0 Å². The molecular weight excluding hydrogens is 473 g/mol. The molecule has 182 valence electrons. The van der Waals surface area contributed by atoms with Crippen molar-refractivity contribution in [3.05, 3.63) is 23.7 Å². The Morgan fingerprint density at radius 2 is 1.97 bits per heavy atom. The van der Waals surface area contributed by atoms with Crippen molar-refractivity contribution in [1.29, 1.82) is 0 Å². The van der Waals surface area contributed by atoms with Gasteiger partial charge in [0.15, 0.2) is 12.2 Å². The highest BCUT2D eigenvalue weighted by Gasteiger charge is 2.49. The summed E-state index contributed by atoms with van der Waals surface area (Å²) in [6.07, 6.45) is -2.31. The fourth-order valence-electron chi connectivity index (χ4n) is 4.27. The van der Waals surface area contributed by atoms with Crippen molar-refractivity contribution in [3.63, 3.8) is 0 Å². The Balaban J connectivity index is 1.40. The molecule has 1 aromatic carbocycles. The van der Waals surface area contributed by atoms with Gasteiger partial charge in [-0.2, -0.15) is 18.2 Å². The van der Waals surface area contributed by atoms with Gasteiger partial charge in [0.2, 0.25) is 0 Å². The third-order valence-electron chi connectivity index (χ3n) is 5.59. The largest absolute Gasteiger partial charge is 0.484 e. The van der Waals surface area contributed by atoms with E-state index in [-0.39, 0.29) is 23.9 Å². The molecule has 2 unspecified atom stereocenters. The molecular formula is C22H23F3N4O4S. The van der Waals surface area contributed by atoms with Crippen LogP contribution >= 0.6 is 11.3 Å². The van der Waals surface area contributed by atoms with Crippen molar-refractivity contribution in [1.82, 2.24) is 14.9 Å². The summed E-state index contributed by atoms with van der Waals surface area (Å²) in [5, 5.41) is 2.35. The summed E-state index contributed by atoms with van der Waals surface area (Å²) in [7, 11) is 0. The monoisotopic (exact) mass is 496 g/mol. The first-order valence-electron chi connectivity index (χ1n) is 10.8. The summed E-state index contributed by atoms with van der Waals surface area (Å²) in [4.78, 5) is 25.0. The topological polar surface area (TPSA) is 80.9 Å². The van der Waals surface area contributed by atoms with E-state index in [9.17, 15) is 18.0 Å². The average molecular weight is 497 g/mol.